The van der Waals surface area contributed by atoms with E-state index in [1.165, 1.54) is 0 Å². The fraction of sp³-hybridized carbons (Fsp3) is 0.350. The Balaban J connectivity index is 2.09. The summed E-state index contributed by atoms with van der Waals surface area (Å²) in [5.74, 6) is -4.54. The number of carbonyl (C=O) groups is 1. The third-order valence-electron chi connectivity index (χ3n) is 3.90. The molecule has 2 aromatic rings. The number of hydrogen-bond acceptors (Lipinski definition) is 4. The standard InChI is InChI=1S/C20H20F4O4/c21-19(22)20(23,24)18(27-12-16-9-5-2-6-10-16)17(28-14-25)13-26-11-15-7-3-1-4-8-15/h1-10,14,17-19H,11-13H2/t17-,18-/m1/s1. The SMILES string of the molecule is O=CO[C@H](COCc1ccccc1)[C@@H](OCc1ccccc1)C(F)(F)C(F)F. The zero-order chi connectivity index (χ0) is 20.4. The van der Waals surface area contributed by atoms with E-state index in [1.807, 2.05) is 0 Å². The molecule has 0 aromatic heterocycles. The zero-order valence-electron chi connectivity index (χ0n) is 14.8. The van der Waals surface area contributed by atoms with Crippen molar-refractivity contribution in [1.82, 2.24) is 0 Å². The molecule has 0 unspecified atom stereocenters. The molecule has 8 heteroatoms. The van der Waals surface area contributed by atoms with Gasteiger partial charge in [-0.05, 0) is 11.1 Å². The molecule has 0 aliphatic carbocycles. The highest BCUT2D eigenvalue weighted by Gasteiger charge is 2.54. The van der Waals surface area contributed by atoms with Crippen LogP contribution in [-0.4, -0.2) is 37.6 Å². The van der Waals surface area contributed by atoms with Crippen LogP contribution in [-0.2, 0) is 32.2 Å². The van der Waals surface area contributed by atoms with Crippen LogP contribution in [0.25, 0.3) is 0 Å². The lowest BCUT2D eigenvalue weighted by Crippen LogP contribution is -2.51. The minimum absolute atomic E-state index is 0.0329. The summed E-state index contributed by atoms with van der Waals surface area (Å²) in [5.41, 5.74) is 1.25. The maximum atomic E-state index is 14.1. The second-order valence-electron chi connectivity index (χ2n) is 5.96. The largest absolute Gasteiger partial charge is 0.459 e. The maximum Gasteiger partial charge on any atom is 0.336 e. The minimum Gasteiger partial charge on any atom is -0.459 e. The number of hydrogen-bond donors (Lipinski definition) is 0. The lowest BCUT2D eigenvalue weighted by molar-refractivity contribution is -0.243. The summed E-state index contributed by atoms with van der Waals surface area (Å²) in [5, 5.41) is 0. The van der Waals surface area contributed by atoms with E-state index < -0.39 is 31.2 Å². The molecule has 0 aliphatic rings. The van der Waals surface area contributed by atoms with E-state index in [1.54, 1.807) is 60.7 Å². The number of alkyl halides is 4. The van der Waals surface area contributed by atoms with Crippen LogP contribution in [0.1, 0.15) is 11.1 Å². The molecule has 0 heterocycles. The molecular formula is C20H20F4O4. The highest BCUT2D eigenvalue weighted by Crippen LogP contribution is 2.32. The van der Waals surface area contributed by atoms with Crippen molar-refractivity contribution in [2.75, 3.05) is 6.61 Å². The third kappa shape index (κ3) is 6.31. The van der Waals surface area contributed by atoms with E-state index in [9.17, 15) is 22.4 Å². The van der Waals surface area contributed by atoms with Gasteiger partial charge in [-0.25, -0.2) is 8.78 Å². The molecule has 0 fully saturated rings. The summed E-state index contributed by atoms with van der Waals surface area (Å²) in [6.07, 6.45) is -8.09. The second-order valence-corrected chi connectivity index (χ2v) is 5.96. The summed E-state index contributed by atoms with van der Waals surface area (Å²) in [4.78, 5) is 10.8. The molecule has 0 N–H and O–H groups in total. The molecule has 0 spiro atoms. The lowest BCUT2D eigenvalue weighted by Gasteiger charge is -2.31. The summed E-state index contributed by atoms with van der Waals surface area (Å²) in [7, 11) is 0. The van der Waals surface area contributed by atoms with Gasteiger partial charge in [-0.2, -0.15) is 8.78 Å². The van der Waals surface area contributed by atoms with Gasteiger partial charge in [0.25, 0.3) is 6.47 Å². The van der Waals surface area contributed by atoms with E-state index in [0.29, 0.717) is 5.56 Å². The molecule has 0 aliphatic heterocycles. The molecule has 0 bridgehead atoms. The van der Waals surface area contributed by atoms with Crippen LogP contribution in [0.15, 0.2) is 60.7 Å². The highest BCUT2D eigenvalue weighted by molar-refractivity contribution is 5.37. The average molecular weight is 400 g/mol. The monoisotopic (exact) mass is 400 g/mol. The van der Waals surface area contributed by atoms with E-state index in [0.717, 1.165) is 5.56 Å². The van der Waals surface area contributed by atoms with E-state index in [4.69, 9.17) is 9.47 Å². The van der Waals surface area contributed by atoms with Crippen LogP contribution in [0.4, 0.5) is 17.6 Å². The number of rotatable bonds is 12. The first-order valence-electron chi connectivity index (χ1n) is 8.47. The van der Waals surface area contributed by atoms with Crippen molar-refractivity contribution in [3.05, 3.63) is 71.8 Å². The molecule has 2 rings (SSSR count). The van der Waals surface area contributed by atoms with Gasteiger partial charge in [-0.15, -0.1) is 0 Å². The Morgan fingerprint density at radius 3 is 1.93 bits per heavy atom. The Morgan fingerprint density at radius 2 is 1.43 bits per heavy atom. The normalized spacial score (nSPS) is 13.9. The molecule has 4 nitrogen and oxygen atoms in total. The smallest absolute Gasteiger partial charge is 0.336 e. The average Bonchev–Trinajstić information content (AvgIpc) is 2.69. The van der Waals surface area contributed by atoms with Crippen LogP contribution in [0.2, 0.25) is 0 Å². The number of ether oxygens (including phenoxy) is 3. The van der Waals surface area contributed by atoms with Crippen LogP contribution < -0.4 is 0 Å². The molecule has 0 radical (unpaired) electrons. The number of halogens is 4. The Kier molecular flexibility index (Phi) is 8.41. The van der Waals surface area contributed by atoms with Crippen molar-refractivity contribution in [3.8, 4) is 0 Å². The van der Waals surface area contributed by atoms with Crippen LogP contribution in [0.5, 0.6) is 0 Å². The Hall–Kier alpha value is -2.45. The fourth-order valence-electron chi connectivity index (χ4n) is 2.49. The predicted molar refractivity (Wildman–Crippen MR) is 93.0 cm³/mol. The molecule has 0 amide bonds. The molecule has 0 saturated carbocycles. The van der Waals surface area contributed by atoms with Gasteiger partial charge >= 0.3 is 12.3 Å². The Labute approximate surface area is 160 Å². The quantitative estimate of drug-likeness (QED) is 0.395. The van der Waals surface area contributed by atoms with Crippen LogP contribution in [0, 0.1) is 0 Å². The van der Waals surface area contributed by atoms with Gasteiger partial charge < -0.3 is 14.2 Å². The molecular weight excluding hydrogens is 380 g/mol. The van der Waals surface area contributed by atoms with Gasteiger partial charge in [0.15, 0.2) is 12.2 Å². The van der Waals surface area contributed by atoms with Crippen molar-refractivity contribution >= 4 is 6.47 Å². The van der Waals surface area contributed by atoms with E-state index in [2.05, 4.69) is 4.74 Å². The molecule has 152 valence electrons. The van der Waals surface area contributed by atoms with E-state index >= 15 is 0 Å². The van der Waals surface area contributed by atoms with Crippen molar-refractivity contribution in [2.24, 2.45) is 0 Å². The topological polar surface area (TPSA) is 44.8 Å². The number of benzene rings is 2. The summed E-state index contributed by atoms with van der Waals surface area (Å²) in [6, 6.07) is 17.0. The first-order valence-corrected chi connectivity index (χ1v) is 8.47. The van der Waals surface area contributed by atoms with Gasteiger partial charge in [-0.1, -0.05) is 60.7 Å². The first kappa shape index (κ1) is 21.8. The van der Waals surface area contributed by atoms with Crippen LogP contribution >= 0.6 is 0 Å². The summed E-state index contributed by atoms with van der Waals surface area (Å²) >= 11 is 0. The highest BCUT2D eigenvalue weighted by atomic mass is 19.3. The van der Waals surface area contributed by atoms with E-state index in [-0.39, 0.29) is 19.7 Å². The van der Waals surface area contributed by atoms with Crippen LogP contribution in [0.3, 0.4) is 0 Å². The summed E-state index contributed by atoms with van der Waals surface area (Å²) < 4.78 is 69.1. The van der Waals surface area contributed by atoms with Gasteiger partial charge in [0.2, 0.25) is 0 Å². The first-order chi connectivity index (χ1) is 13.4. The third-order valence-corrected chi connectivity index (χ3v) is 3.90. The van der Waals surface area contributed by atoms with Gasteiger partial charge in [-0.3, -0.25) is 4.79 Å². The summed E-state index contributed by atoms with van der Waals surface area (Å²) in [6.45, 7) is -0.942. The predicted octanol–water partition coefficient (Wildman–Crippen LogP) is 4.23. The van der Waals surface area contributed by atoms with Crippen molar-refractivity contribution in [3.63, 3.8) is 0 Å². The van der Waals surface area contributed by atoms with Crippen molar-refractivity contribution in [1.29, 1.82) is 0 Å². The van der Waals surface area contributed by atoms with Crippen molar-refractivity contribution in [2.45, 2.75) is 37.8 Å². The molecule has 0 saturated heterocycles. The zero-order valence-corrected chi connectivity index (χ0v) is 14.8. The molecule has 28 heavy (non-hydrogen) atoms. The van der Waals surface area contributed by atoms with Gasteiger partial charge in [0, 0.05) is 0 Å². The van der Waals surface area contributed by atoms with Crippen molar-refractivity contribution < 1.29 is 36.6 Å². The number of carbonyl (C=O) groups excluding carboxylic acids is 1. The molecule has 2 aromatic carbocycles. The minimum atomic E-state index is -4.54. The molecule has 2 atom stereocenters. The second kappa shape index (κ2) is 10.8. The Morgan fingerprint density at radius 1 is 0.893 bits per heavy atom. The Bertz CT molecular complexity index is 698. The fourth-order valence-corrected chi connectivity index (χ4v) is 2.49. The van der Waals surface area contributed by atoms with Gasteiger partial charge in [0.05, 0.1) is 19.8 Å². The van der Waals surface area contributed by atoms with Gasteiger partial charge in [0.1, 0.15) is 0 Å². The lowest BCUT2D eigenvalue weighted by atomic mass is 10.1. The maximum absolute atomic E-state index is 14.1.